The molecule has 3 N–H and O–H groups in total. The number of aromatic nitrogens is 2. The van der Waals surface area contributed by atoms with Crippen molar-refractivity contribution in [2.24, 2.45) is 0 Å². The molecule has 1 aromatic rings. The van der Waals surface area contributed by atoms with E-state index in [9.17, 15) is 0 Å². The number of hydrogen-bond donors (Lipinski definition) is 2. The Kier molecular flexibility index (Phi) is 5.64. The third kappa shape index (κ3) is 4.37. The zero-order valence-corrected chi connectivity index (χ0v) is 11.6. The number of ether oxygens (including phenoxy) is 1. The van der Waals surface area contributed by atoms with Gasteiger partial charge in [-0.25, -0.2) is 4.98 Å². The summed E-state index contributed by atoms with van der Waals surface area (Å²) in [5, 5.41) is 3.28. The average molecular weight is 253 g/mol. The van der Waals surface area contributed by atoms with Crippen molar-refractivity contribution in [3.8, 4) is 5.88 Å². The number of hydrogen-bond acceptors (Lipinski definition) is 6. The second-order valence-electron chi connectivity index (χ2n) is 4.51. The lowest BCUT2D eigenvalue weighted by Crippen LogP contribution is -2.24. The average Bonchev–Trinajstić information content (AvgIpc) is 2.32. The minimum atomic E-state index is 0.291. The van der Waals surface area contributed by atoms with Crippen LogP contribution in [0, 0.1) is 0 Å². The molecule has 1 unspecified atom stereocenters. The molecule has 0 aliphatic carbocycles. The molecule has 0 aromatic carbocycles. The molecule has 0 saturated carbocycles. The largest absolute Gasteiger partial charge is 0.476 e. The van der Waals surface area contributed by atoms with Gasteiger partial charge in [0.05, 0.1) is 6.61 Å². The number of nitrogens with one attached hydrogen (secondary N) is 1. The zero-order valence-electron chi connectivity index (χ0n) is 11.6. The van der Waals surface area contributed by atoms with Gasteiger partial charge in [-0.15, -0.1) is 0 Å². The van der Waals surface area contributed by atoms with Crippen LogP contribution in [-0.2, 0) is 0 Å². The summed E-state index contributed by atoms with van der Waals surface area (Å²) in [6.07, 6.45) is 2.47. The maximum Gasteiger partial charge on any atom is 0.242 e. The maximum atomic E-state index is 5.95. The third-order valence-corrected chi connectivity index (χ3v) is 2.52. The molecule has 1 heterocycles. The van der Waals surface area contributed by atoms with Crippen LogP contribution in [-0.4, -0.2) is 48.2 Å². The molecule has 6 heteroatoms. The molecule has 102 valence electrons. The fourth-order valence-electron chi connectivity index (χ4n) is 1.50. The highest BCUT2D eigenvalue weighted by Gasteiger charge is 2.11. The zero-order chi connectivity index (χ0) is 13.5. The van der Waals surface area contributed by atoms with Crippen molar-refractivity contribution in [3.05, 3.63) is 6.33 Å². The van der Waals surface area contributed by atoms with Crippen molar-refractivity contribution in [2.75, 3.05) is 38.3 Å². The van der Waals surface area contributed by atoms with Crippen LogP contribution in [0.2, 0.25) is 0 Å². The van der Waals surface area contributed by atoms with Crippen molar-refractivity contribution in [3.63, 3.8) is 0 Å². The van der Waals surface area contributed by atoms with E-state index in [2.05, 4.69) is 41.2 Å². The van der Waals surface area contributed by atoms with E-state index in [-0.39, 0.29) is 0 Å². The van der Waals surface area contributed by atoms with Crippen LogP contribution < -0.4 is 15.8 Å². The molecular formula is C12H23N5O. The highest BCUT2D eigenvalue weighted by atomic mass is 16.5. The molecule has 18 heavy (non-hydrogen) atoms. The Balaban J connectivity index is 2.63. The van der Waals surface area contributed by atoms with Crippen molar-refractivity contribution in [1.29, 1.82) is 0 Å². The summed E-state index contributed by atoms with van der Waals surface area (Å²) in [6, 6.07) is 0.291. The molecule has 0 aliphatic rings. The topological polar surface area (TPSA) is 76.3 Å². The van der Waals surface area contributed by atoms with Gasteiger partial charge in [-0.05, 0) is 40.9 Å². The van der Waals surface area contributed by atoms with Crippen LogP contribution in [0.5, 0.6) is 5.88 Å². The standard InChI is InChI=1S/C12H23N5O/c1-5-18-12-10(13)11(14-8-15-12)16-9(2)6-7-17(3)4/h8-9H,5-7,13H2,1-4H3,(H,14,15,16). The van der Waals surface area contributed by atoms with Crippen LogP contribution in [0.4, 0.5) is 11.5 Å². The summed E-state index contributed by atoms with van der Waals surface area (Å²) >= 11 is 0. The van der Waals surface area contributed by atoms with Crippen LogP contribution in [0.15, 0.2) is 6.33 Å². The van der Waals surface area contributed by atoms with E-state index >= 15 is 0 Å². The van der Waals surface area contributed by atoms with E-state index < -0.39 is 0 Å². The lowest BCUT2D eigenvalue weighted by Gasteiger charge is -2.18. The summed E-state index contributed by atoms with van der Waals surface area (Å²) in [5.41, 5.74) is 6.42. The monoisotopic (exact) mass is 253 g/mol. The van der Waals surface area contributed by atoms with Gasteiger partial charge in [-0.1, -0.05) is 0 Å². The highest BCUT2D eigenvalue weighted by Crippen LogP contribution is 2.25. The second-order valence-corrected chi connectivity index (χ2v) is 4.51. The Morgan fingerprint density at radius 2 is 2.17 bits per heavy atom. The number of rotatable bonds is 7. The Bertz CT molecular complexity index is 369. The quantitative estimate of drug-likeness (QED) is 0.760. The number of anilines is 2. The number of nitrogens with two attached hydrogens (primary N) is 1. The third-order valence-electron chi connectivity index (χ3n) is 2.52. The van der Waals surface area contributed by atoms with Crippen LogP contribution in [0.25, 0.3) is 0 Å². The number of nitrogen functional groups attached to an aromatic ring is 1. The molecule has 0 radical (unpaired) electrons. The predicted octanol–water partition coefficient (Wildman–Crippen LogP) is 1.21. The second kappa shape index (κ2) is 7.00. The molecular weight excluding hydrogens is 230 g/mol. The Labute approximate surface area is 109 Å². The minimum Gasteiger partial charge on any atom is -0.476 e. The Hall–Kier alpha value is -1.56. The van der Waals surface area contributed by atoms with Crippen molar-refractivity contribution >= 4 is 11.5 Å². The number of nitrogens with zero attached hydrogens (tertiary/aromatic N) is 3. The van der Waals surface area contributed by atoms with Crippen molar-refractivity contribution in [2.45, 2.75) is 26.3 Å². The van der Waals surface area contributed by atoms with Gasteiger partial charge in [0.15, 0.2) is 5.82 Å². The normalized spacial score (nSPS) is 12.5. The smallest absolute Gasteiger partial charge is 0.242 e. The van der Waals surface area contributed by atoms with E-state index in [4.69, 9.17) is 10.5 Å². The minimum absolute atomic E-state index is 0.291. The molecule has 1 aromatic heterocycles. The molecule has 1 atom stereocenters. The van der Waals surface area contributed by atoms with Gasteiger partial charge in [0.2, 0.25) is 5.88 Å². The van der Waals surface area contributed by atoms with Crippen LogP contribution in [0.1, 0.15) is 20.3 Å². The van der Waals surface area contributed by atoms with E-state index in [1.165, 1.54) is 6.33 Å². The summed E-state index contributed by atoms with van der Waals surface area (Å²) in [5.74, 6) is 1.08. The predicted molar refractivity (Wildman–Crippen MR) is 73.9 cm³/mol. The first-order chi connectivity index (χ1) is 8.54. The van der Waals surface area contributed by atoms with Gasteiger partial charge in [-0.3, -0.25) is 0 Å². The van der Waals surface area contributed by atoms with E-state index in [1.54, 1.807) is 0 Å². The van der Waals surface area contributed by atoms with Gasteiger partial charge in [-0.2, -0.15) is 4.98 Å². The fraction of sp³-hybridized carbons (Fsp3) is 0.667. The van der Waals surface area contributed by atoms with Crippen LogP contribution in [0.3, 0.4) is 0 Å². The summed E-state index contributed by atoms with van der Waals surface area (Å²) in [7, 11) is 4.11. The van der Waals surface area contributed by atoms with E-state index in [0.29, 0.717) is 30.0 Å². The highest BCUT2D eigenvalue weighted by molar-refractivity contribution is 5.66. The van der Waals surface area contributed by atoms with Gasteiger partial charge in [0.1, 0.15) is 12.0 Å². The van der Waals surface area contributed by atoms with Crippen LogP contribution >= 0.6 is 0 Å². The van der Waals surface area contributed by atoms with Crippen molar-refractivity contribution < 1.29 is 4.74 Å². The fourth-order valence-corrected chi connectivity index (χ4v) is 1.50. The molecule has 0 bridgehead atoms. The van der Waals surface area contributed by atoms with Crippen molar-refractivity contribution in [1.82, 2.24) is 14.9 Å². The summed E-state index contributed by atoms with van der Waals surface area (Å²) in [6.45, 7) is 5.55. The first-order valence-electron chi connectivity index (χ1n) is 6.19. The van der Waals surface area contributed by atoms with E-state index in [0.717, 1.165) is 13.0 Å². The summed E-state index contributed by atoms with van der Waals surface area (Å²) in [4.78, 5) is 10.3. The lowest BCUT2D eigenvalue weighted by molar-refractivity contribution is 0.328. The summed E-state index contributed by atoms with van der Waals surface area (Å²) < 4.78 is 5.33. The van der Waals surface area contributed by atoms with Gasteiger partial charge < -0.3 is 20.7 Å². The first-order valence-corrected chi connectivity index (χ1v) is 6.19. The molecule has 1 rings (SSSR count). The molecule has 0 aliphatic heterocycles. The SMILES string of the molecule is CCOc1ncnc(NC(C)CCN(C)C)c1N. The Morgan fingerprint density at radius 1 is 1.44 bits per heavy atom. The molecule has 0 fully saturated rings. The first kappa shape index (κ1) is 14.5. The Morgan fingerprint density at radius 3 is 2.78 bits per heavy atom. The molecule has 6 nitrogen and oxygen atoms in total. The van der Waals surface area contributed by atoms with Gasteiger partial charge >= 0.3 is 0 Å². The molecule has 0 amide bonds. The maximum absolute atomic E-state index is 5.95. The van der Waals surface area contributed by atoms with E-state index in [1.807, 2.05) is 6.92 Å². The lowest BCUT2D eigenvalue weighted by atomic mass is 10.2. The van der Waals surface area contributed by atoms with Gasteiger partial charge in [0, 0.05) is 6.04 Å². The molecule has 0 saturated heterocycles. The molecule has 0 spiro atoms. The van der Waals surface area contributed by atoms with Gasteiger partial charge in [0.25, 0.3) is 0 Å².